The molecule has 20 heavy (non-hydrogen) atoms. The van der Waals surface area contributed by atoms with Crippen LogP contribution in [0.5, 0.6) is 0 Å². The summed E-state index contributed by atoms with van der Waals surface area (Å²) in [6.07, 6.45) is 2.75. The van der Waals surface area contributed by atoms with Crippen LogP contribution >= 0.6 is 0 Å². The molecule has 0 bridgehead atoms. The zero-order valence-electron chi connectivity index (χ0n) is 12.5. The third kappa shape index (κ3) is 3.47. The van der Waals surface area contributed by atoms with Gasteiger partial charge in [-0.25, -0.2) is 0 Å². The summed E-state index contributed by atoms with van der Waals surface area (Å²) in [6.45, 7) is 6.03. The Hall–Kier alpha value is -1.64. The first-order valence-corrected chi connectivity index (χ1v) is 7.29. The minimum atomic E-state index is -0.410. The third-order valence-corrected chi connectivity index (χ3v) is 4.09. The van der Waals surface area contributed by atoms with Crippen molar-refractivity contribution in [2.24, 2.45) is 5.92 Å². The summed E-state index contributed by atoms with van der Waals surface area (Å²) < 4.78 is 0. The van der Waals surface area contributed by atoms with E-state index in [2.05, 4.69) is 5.32 Å². The van der Waals surface area contributed by atoms with Crippen molar-refractivity contribution in [2.75, 3.05) is 0 Å². The summed E-state index contributed by atoms with van der Waals surface area (Å²) in [6, 6.07) is 8.17. The largest absolute Gasteiger partial charge is 0.347 e. The number of nitrogens with one attached hydrogen (secondary N) is 1. The number of hydrogen-bond acceptors (Lipinski definition) is 2. The molecule has 0 heterocycles. The van der Waals surface area contributed by atoms with Gasteiger partial charge in [0.1, 0.15) is 5.78 Å². The molecule has 0 spiro atoms. The molecule has 2 rings (SSSR count). The first-order valence-electron chi connectivity index (χ1n) is 7.29. The number of rotatable bonds is 4. The lowest BCUT2D eigenvalue weighted by atomic mass is 9.92. The van der Waals surface area contributed by atoms with E-state index in [-0.39, 0.29) is 17.6 Å². The normalized spacial score (nSPS) is 19.1. The van der Waals surface area contributed by atoms with Gasteiger partial charge in [-0.3, -0.25) is 9.59 Å². The molecule has 1 aliphatic carbocycles. The molecule has 1 amide bonds. The first kappa shape index (κ1) is 14.8. The van der Waals surface area contributed by atoms with E-state index in [0.29, 0.717) is 12.8 Å². The highest BCUT2D eigenvalue weighted by Gasteiger charge is 2.29. The van der Waals surface area contributed by atoms with E-state index in [1.807, 2.05) is 45.0 Å². The second-order valence-corrected chi connectivity index (χ2v) is 6.30. The predicted octanol–water partition coefficient (Wildman–Crippen LogP) is 3.11. The van der Waals surface area contributed by atoms with Crippen molar-refractivity contribution < 1.29 is 9.59 Å². The smallest absolute Gasteiger partial charge is 0.221 e. The summed E-state index contributed by atoms with van der Waals surface area (Å²) in [5.74, 6) is 0.146. The first-order chi connectivity index (χ1) is 9.38. The van der Waals surface area contributed by atoms with E-state index >= 15 is 0 Å². The minimum absolute atomic E-state index is 0.0316. The van der Waals surface area contributed by atoms with Crippen molar-refractivity contribution in [1.82, 2.24) is 5.32 Å². The number of hydrogen-bond donors (Lipinski definition) is 1. The zero-order valence-corrected chi connectivity index (χ0v) is 12.5. The van der Waals surface area contributed by atoms with Gasteiger partial charge in [-0.15, -0.1) is 0 Å². The maximum absolute atomic E-state index is 12.1. The maximum atomic E-state index is 12.1. The van der Waals surface area contributed by atoms with Crippen molar-refractivity contribution in [3.8, 4) is 0 Å². The molecule has 1 atom stereocenters. The molecule has 0 radical (unpaired) electrons. The van der Waals surface area contributed by atoms with Gasteiger partial charge in [0.2, 0.25) is 5.91 Å². The van der Waals surface area contributed by atoms with Crippen LogP contribution in [-0.4, -0.2) is 11.7 Å². The van der Waals surface area contributed by atoms with E-state index in [9.17, 15) is 9.59 Å². The molecule has 1 saturated carbocycles. The second-order valence-electron chi connectivity index (χ2n) is 6.30. The van der Waals surface area contributed by atoms with Crippen molar-refractivity contribution in [1.29, 1.82) is 0 Å². The van der Waals surface area contributed by atoms with Crippen LogP contribution in [0.15, 0.2) is 24.3 Å². The van der Waals surface area contributed by atoms with E-state index in [1.54, 1.807) is 0 Å². The van der Waals surface area contributed by atoms with Crippen molar-refractivity contribution in [3.05, 3.63) is 35.4 Å². The Morgan fingerprint density at radius 2 is 1.95 bits per heavy atom. The van der Waals surface area contributed by atoms with Gasteiger partial charge in [-0.1, -0.05) is 29.8 Å². The molecule has 1 aliphatic rings. The van der Waals surface area contributed by atoms with Gasteiger partial charge in [0.05, 0.1) is 5.54 Å². The molecule has 1 aromatic rings. The minimum Gasteiger partial charge on any atom is -0.347 e. The molecule has 3 nitrogen and oxygen atoms in total. The standard InChI is InChI=1S/C17H23NO2/c1-12-7-9-14(10-8-12)17(2,3)18-16(20)11-13-5-4-6-15(13)19/h7-10,13H,4-6,11H2,1-3H3,(H,18,20)/t13-/m0/s1. The summed E-state index contributed by atoms with van der Waals surface area (Å²) >= 11 is 0. The highest BCUT2D eigenvalue weighted by atomic mass is 16.2. The van der Waals surface area contributed by atoms with E-state index < -0.39 is 5.54 Å². The summed E-state index contributed by atoms with van der Waals surface area (Å²) in [7, 11) is 0. The SMILES string of the molecule is Cc1ccc(C(C)(C)NC(=O)C[C@@H]2CCCC2=O)cc1. The lowest BCUT2D eigenvalue weighted by Crippen LogP contribution is -2.41. The number of benzene rings is 1. The lowest BCUT2D eigenvalue weighted by molar-refractivity contribution is -0.128. The third-order valence-electron chi connectivity index (χ3n) is 4.09. The molecule has 0 aliphatic heterocycles. The van der Waals surface area contributed by atoms with E-state index in [1.165, 1.54) is 5.56 Å². The van der Waals surface area contributed by atoms with Crippen LogP contribution in [0.25, 0.3) is 0 Å². The average molecular weight is 273 g/mol. The van der Waals surface area contributed by atoms with Gasteiger partial charge in [0.15, 0.2) is 0 Å². The van der Waals surface area contributed by atoms with Crippen LogP contribution in [0.1, 0.15) is 50.7 Å². The molecule has 3 heteroatoms. The highest BCUT2D eigenvalue weighted by molar-refractivity contribution is 5.88. The van der Waals surface area contributed by atoms with Crippen molar-refractivity contribution in [2.45, 2.75) is 52.0 Å². The van der Waals surface area contributed by atoms with Gasteiger partial charge in [0.25, 0.3) is 0 Å². The molecule has 108 valence electrons. The summed E-state index contributed by atoms with van der Waals surface area (Å²) in [4.78, 5) is 23.7. The molecule has 1 fully saturated rings. The Labute approximate surface area is 120 Å². The monoisotopic (exact) mass is 273 g/mol. The number of carbonyl (C=O) groups is 2. The maximum Gasteiger partial charge on any atom is 0.221 e. The van der Waals surface area contributed by atoms with Crippen LogP contribution in [0, 0.1) is 12.8 Å². The predicted molar refractivity (Wildman–Crippen MR) is 79.3 cm³/mol. The molecule has 1 aromatic carbocycles. The van der Waals surface area contributed by atoms with Crippen LogP contribution in [0.2, 0.25) is 0 Å². The Kier molecular flexibility index (Phi) is 4.26. The fourth-order valence-corrected chi connectivity index (χ4v) is 2.77. The number of amides is 1. The number of ketones is 1. The second kappa shape index (κ2) is 5.78. The molecular weight excluding hydrogens is 250 g/mol. The Balaban J connectivity index is 1.98. The molecule has 0 unspecified atom stereocenters. The van der Waals surface area contributed by atoms with Gasteiger partial charge >= 0.3 is 0 Å². The van der Waals surface area contributed by atoms with Crippen molar-refractivity contribution in [3.63, 3.8) is 0 Å². The van der Waals surface area contributed by atoms with Gasteiger partial charge in [0, 0.05) is 18.8 Å². The average Bonchev–Trinajstić information content (AvgIpc) is 2.74. The van der Waals surface area contributed by atoms with Crippen molar-refractivity contribution >= 4 is 11.7 Å². The summed E-state index contributed by atoms with van der Waals surface area (Å²) in [5, 5.41) is 3.05. The fourth-order valence-electron chi connectivity index (χ4n) is 2.77. The van der Waals surface area contributed by atoms with Crippen LogP contribution in [0.3, 0.4) is 0 Å². The van der Waals surface area contributed by atoms with Crippen LogP contribution in [0.4, 0.5) is 0 Å². The quantitative estimate of drug-likeness (QED) is 0.916. The Morgan fingerprint density at radius 3 is 2.50 bits per heavy atom. The Morgan fingerprint density at radius 1 is 1.30 bits per heavy atom. The van der Waals surface area contributed by atoms with Gasteiger partial charge in [-0.2, -0.15) is 0 Å². The molecule has 0 aromatic heterocycles. The van der Waals surface area contributed by atoms with Gasteiger partial charge < -0.3 is 5.32 Å². The molecular formula is C17H23NO2. The summed E-state index contributed by atoms with van der Waals surface area (Å²) in [5.41, 5.74) is 1.87. The number of aryl methyl sites for hydroxylation is 1. The highest BCUT2D eigenvalue weighted by Crippen LogP contribution is 2.26. The Bertz CT molecular complexity index is 502. The zero-order chi connectivity index (χ0) is 14.8. The lowest BCUT2D eigenvalue weighted by Gasteiger charge is -2.27. The van der Waals surface area contributed by atoms with E-state index in [0.717, 1.165) is 18.4 Å². The number of carbonyl (C=O) groups excluding carboxylic acids is 2. The van der Waals surface area contributed by atoms with E-state index in [4.69, 9.17) is 0 Å². The topological polar surface area (TPSA) is 46.2 Å². The van der Waals surface area contributed by atoms with Gasteiger partial charge in [-0.05, 0) is 39.2 Å². The number of Topliss-reactive ketones (excluding diaryl/α,β-unsaturated/α-hetero) is 1. The fraction of sp³-hybridized carbons (Fsp3) is 0.529. The van der Waals surface area contributed by atoms with Crippen LogP contribution < -0.4 is 5.32 Å². The van der Waals surface area contributed by atoms with Crippen LogP contribution in [-0.2, 0) is 15.1 Å². The molecule has 0 saturated heterocycles. The molecule has 1 N–H and O–H groups in total.